The van der Waals surface area contributed by atoms with Crippen molar-refractivity contribution in [1.82, 2.24) is 0 Å². The Morgan fingerprint density at radius 1 is 0.425 bits per heavy atom. The van der Waals surface area contributed by atoms with E-state index in [1.807, 2.05) is 19.1 Å². The third-order valence-electron chi connectivity index (χ3n) is 7.87. The Kier molecular flexibility index (Phi) is 7.94. The number of hydrogen-bond acceptors (Lipinski definition) is 0. The fraction of sp³-hybridized carbons (Fsp3) is 0.294. The van der Waals surface area contributed by atoms with Gasteiger partial charge < -0.3 is 0 Å². The summed E-state index contributed by atoms with van der Waals surface area (Å²) in [5.41, 5.74) is -0.189. The molecule has 0 aromatic heterocycles. The number of halogens is 6. The molecule has 4 aromatic carbocycles. The average Bonchev–Trinajstić information content (AvgIpc) is 2.88. The van der Waals surface area contributed by atoms with Gasteiger partial charge in [0.1, 0.15) is 0 Å². The molecule has 0 N–H and O–H groups in total. The summed E-state index contributed by atoms with van der Waals surface area (Å²) in [6.07, 6.45) is -10.1. The van der Waals surface area contributed by atoms with Crippen molar-refractivity contribution in [2.24, 2.45) is 0 Å². The molecule has 0 fully saturated rings. The largest absolute Gasteiger partial charge is 0.411 e. The van der Waals surface area contributed by atoms with Gasteiger partial charge in [-0.25, -0.2) is 0 Å². The van der Waals surface area contributed by atoms with Gasteiger partial charge in [-0.3, -0.25) is 0 Å². The lowest BCUT2D eigenvalue weighted by molar-refractivity contribution is -0.288. The second kappa shape index (κ2) is 10.8. The Morgan fingerprint density at radius 2 is 0.700 bits per heavy atom. The molecule has 4 rings (SSSR count). The Bertz CT molecular complexity index is 1390. The van der Waals surface area contributed by atoms with Gasteiger partial charge in [-0.15, -0.1) is 0 Å². The van der Waals surface area contributed by atoms with Crippen LogP contribution in [0.4, 0.5) is 26.3 Å². The minimum absolute atomic E-state index is 0.191. The molecule has 0 unspecified atom stereocenters. The first kappa shape index (κ1) is 29.4. The first-order valence-corrected chi connectivity index (χ1v) is 13.1. The first-order chi connectivity index (χ1) is 18.7. The third kappa shape index (κ3) is 5.54. The summed E-state index contributed by atoms with van der Waals surface area (Å²) in [5, 5.41) is 0. The zero-order chi connectivity index (χ0) is 29.3. The van der Waals surface area contributed by atoms with Crippen LogP contribution >= 0.6 is 0 Å². The molecule has 0 atom stereocenters. The van der Waals surface area contributed by atoms with Gasteiger partial charge in [0.25, 0.3) is 0 Å². The van der Waals surface area contributed by atoms with Crippen LogP contribution in [0.25, 0.3) is 0 Å². The predicted octanol–water partition coefficient (Wildman–Crippen LogP) is 9.83. The van der Waals surface area contributed by atoms with Crippen LogP contribution in [0.2, 0.25) is 0 Å². The van der Waals surface area contributed by atoms with Crippen molar-refractivity contribution >= 4 is 0 Å². The lowest BCUT2D eigenvalue weighted by atomic mass is 9.72. The van der Waals surface area contributed by atoms with Crippen molar-refractivity contribution in [2.75, 3.05) is 0 Å². The number of rotatable bonds is 7. The van der Waals surface area contributed by atoms with Crippen molar-refractivity contribution < 1.29 is 26.3 Å². The van der Waals surface area contributed by atoms with Crippen LogP contribution in [0, 0.1) is 13.8 Å². The van der Waals surface area contributed by atoms with E-state index in [1.54, 1.807) is 6.92 Å². The smallest absolute Gasteiger partial charge is 0.169 e. The van der Waals surface area contributed by atoms with Crippen LogP contribution in [0.5, 0.6) is 0 Å². The molecule has 210 valence electrons. The van der Waals surface area contributed by atoms with Gasteiger partial charge in [0.2, 0.25) is 5.41 Å². The molecule has 4 aromatic rings. The zero-order valence-corrected chi connectivity index (χ0v) is 22.9. The zero-order valence-electron chi connectivity index (χ0n) is 22.9. The Morgan fingerprint density at radius 3 is 1.02 bits per heavy atom. The summed E-state index contributed by atoms with van der Waals surface area (Å²) >= 11 is 0. The van der Waals surface area contributed by atoms with Crippen molar-refractivity contribution in [3.8, 4) is 0 Å². The molecule has 0 aliphatic carbocycles. The number of alkyl halides is 6. The molecule has 0 amide bonds. The van der Waals surface area contributed by atoms with E-state index >= 15 is 0 Å². The van der Waals surface area contributed by atoms with Crippen molar-refractivity contribution in [1.29, 1.82) is 0 Å². The quantitative estimate of drug-likeness (QED) is 0.200. The maximum atomic E-state index is 14.3. The van der Waals surface area contributed by atoms with Crippen LogP contribution in [-0.2, 0) is 23.7 Å². The SMILES string of the molecule is Cc1ccc(C(C)(C)c2ccc(CCc3ccc(C(c4ccc(C)cc4)(C(F)(F)F)C(F)(F)F)cc3)cc2)cc1. The Balaban J connectivity index is 1.55. The monoisotopic (exact) mass is 554 g/mol. The van der Waals surface area contributed by atoms with Gasteiger partial charge in [0.15, 0.2) is 0 Å². The number of aryl methyl sites for hydroxylation is 4. The molecule has 6 heteroatoms. The van der Waals surface area contributed by atoms with Gasteiger partial charge in [-0.05, 0) is 60.1 Å². The third-order valence-corrected chi connectivity index (χ3v) is 7.87. The van der Waals surface area contributed by atoms with Crippen LogP contribution in [0.1, 0.15) is 58.4 Å². The van der Waals surface area contributed by atoms with E-state index in [-0.39, 0.29) is 5.41 Å². The lowest BCUT2D eigenvalue weighted by Gasteiger charge is -2.38. The van der Waals surface area contributed by atoms with E-state index in [0.29, 0.717) is 24.0 Å². The Labute approximate surface area is 231 Å². The van der Waals surface area contributed by atoms with E-state index in [1.165, 1.54) is 35.4 Å². The highest BCUT2D eigenvalue weighted by atomic mass is 19.4. The van der Waals surface area contributed by atoms with Crippen LogP contribution in [-0.4, -0.2) is 12.4 Å². The molecule has 0 spiro atoms. The van der Waals surface area contributed by atoms with Crippen LogP contribution in [0.15, 0.2) is 97.1 Å². The van der Waals surface area contributed by atoms with Gasteiger partial charge in [0.05, 0.1) is 0 Å². The topological polar surface area (TPSA) is 0 Å². The van der Waals surface area contributed by atoms with Gasteiger partial charge in [0, 0.05) is 5.41 Å². The molecule has 0 aliphatic heterocycles. The fourth-order valence-corrected chi connectivity index (χ4v) is 5.22. The number of hydrogen-bond donors (Lipinski definition) is 0. The number of benzene rings is 4. The molecule has 0 saturated carbocycles. The molecule has 40 heavy (non-hydrogen) atoms. The Hall–Kier alpha value is -3.54. The standard InChI is InChI=1S/C34H32F6/c1-23-5-15-27(16-6-23)31(3,4)28-19-11-25(12-20-28)9-10-26-13-21-30(22-14-26)32(33(35,36)37,34(38,39)40)29-17-7-24(2)8-18-29/h5-8,11-22H,9-10H2,1-4H3. The normalized spacial score (nSPS) is 12.9. The maximum Gasteiger partial charge on any atom is 0.411 e. The van der Waals surface area contributed by atoms with Crippen molar-refractivity contribution in [3.05, 3.63) is 142 Å². The van der Waals surface area contributed by atoms with Crippen molar-refractivity contribution in [2.45, 2.75) is 63.7 Å². The summed E-state index contributed by atoms with van der Waals surface area (Å²) in [7, 11) is 0. The highest BCUT2D eigenvalue weighted by Gasteiger charge is 2.72. The van der Waals surface area contributed by atoms with E-state index in [0.717, 1.165) is 35.4 Å². The second-order valence-corrected chi connectivity index (χ2v) is 11.0. The van der Waals surface area contributed by atoms with Gasteiger partial charge in [-0.1, -0.05) is 122 Å². The second-order valence-electron chi connectivity index (χ2n) is 11.0. The summed E-state index contributed by atoms with van der Waals surface area (Å²) in [6, 6.07) is 25.6. The average molecular weight is 555 g/mol. The first-order valence-electron chi connectivity index (χ1n) is 13.1. The highest BCUT2D eigenvalue weighted by molar-refractivity contribution is 5.46. The molecular formula is C34H32F6. The molecule has 0 radical (unpaired) electrons. The summed E-state index contributed by atoms with van der Waals surface area (Å²) in [5.74, 6) is 0. The van der Waals surface area contributed by atoms with Crippen LogP contribution < -0.4 is 0 Å². The van der Waals surface area contributed by atoms with Crippen LogP contribution in [0.3, 0.4) is 0 Å². The van der Waals surface area contributed by atoms with E-state index < -0.39 is 28.9 Å². The predicted molar refractivity (Wildman–Crippen MR) is 148 cm³/mol. The summed E-state index contributed by atoms with van der Waals surface area (Å²) in [4.78, 5) is 0. The molecule has 0 aliphatic rings. The van der Waals surface area contributed by atoms with E-state index in [2.05, 4.69) is 50.2 Å². The molecule has 0 bridgehead atoms. The summed E-state index contributed by atoms with van der Waals surface area (Å²) in [6.45, 7) is 7.98. The lowest BCUT2D eigenvalue weighted by Crippen LogP contribution is -2.54. The van der Waals surface area contributed by atoms with Gasteiger partial charge in [-0.2, -0.15) is 26.3 Å². The maximum absolute atomic E-state index is 14.3. The van der Waals surface area contributed by atoms with E-state index in [4.69, 9.17) is 0 Å². The minimum atomic E-state index is -5.59. The highest BCUT2D eigenvalue weighted by Crippen LogP contribution is 2.56. The molecule has 0 nitrogen and oxygen atoms in total. The fourth-order valence-electron chi connectivity index (χ4n) is 5.22. The molecule has 0 saturated heterocycles. The summed E-state index contributed by atoms with van der Waals surface area (Å²) < 4.78 is 86.0. The van der Waals surface area contributed by atoms with Gasteiger partial charge >= 0.3 is 12.4 Å². The van der Waals surface area contributed by atoms with Crippen molar-refractivity contribution in [3.63, 3.8) is 0 Å². The molecular weight excluding hydrogens is 522 g/mol. The molecule has 0 heterocycles. The van der Waals surface area contributed by atoms with E-state index in [9.17, 15) is 26.3 Å². The minimum Gasteiger partial charge on any atom is -0.169 e.